The lowest BCUT2D eigenvalue weighted by molar-refractivity contribution is -0.172. The number of hydrogen-bond donors (Lipinski definition) is 1. The van der Waals surface area contributed by atoms with E-state index in [-0.39, 0.29) is 47.9 Å². The first-order valence-corrected chi connectivity index (χ1v) is 8.05. The Morgan fingerprint density at radius 2 is 2.24 bits per heavy atom. The van der Waals surface area contributed by atoms with E-state index in [9.17, 15) is 9.59 Å². The van der Waals surface area contributed by atoms with Crippen molar-refractivity contribution in [1.29, 1.82) is 0 Å². The average molecular weight is 295 g/mol. The molecule has 2 bridgehead atoms. The minimum atomic E-state index is -0.668. The molecule has 0 aromatic heterocycles. The Balaban J connectivity index is 1.72. The second kappa shape index (κ2) is 4.97. The monoisotopic (exact) mass is 295 g/mol. The Morgan fingerprint density at radius 3 is 2.86 bits per heavy atom. The Hall–Kier alpha value is -1.10. The number of esters is 2. The zero-order valence-corrected chi connectivity index (χ0v) is 13.0. The summed E-state index contributed by atoms with van der Waals surface area (Å²) in [4.78, 5) is 24.4. The second-order valence-corrected chi connectivity index (χ2v) is 7.23. The topological polar surface area (TPSA) is 78.6 Å². The van der Waals surface area contributed by atoms with Crippen molar-refractivity contribution in [3.05, 3.63) is 0 Å². The van der Waals surface area contributed by atoms with Crippen LogP contribution >= 0.6 is 0 Å². The molecule has 21 heavy (non-hydrogen) atoms. The molecule has 2 saturated carbocycles. The molecule has 7 atom stereocenters. The zero-order valence-electron chi connectivity index (χ0n) is 13.0. The van der Waals surface area contributed by atoms with Crippen LogP contribution in [0, 0.1) is 23.2 Å². The van der Waals surface area contributed by atoms with Crippen LogP contribution in [0.4, 0.5) is 0 Å². The van der Waals surface area contributed by atoms with E-state index in [1.807, 2.05) is 20.8 Å². The molecule has 5 nitrogen and oxygen atoms in total. The Kier molecular flexibility index (Phi) is 3.51. The SMILES string of the molecule is CCCC(C)(C(=O)OC1C2CC3C(=O)OC1C3C2)C(C)N. The highest BCUT2D eigenvalue weighted by molar-refractivity contribution is 5.79. The predicted molar refractivity (Wildman–Crippen MR) is 76.1 cm³/mol. The van der Waals surface area contributed by atoms with Crippen molar-refractivity contribution in [1.82, 2.24) is 0 Å². The third-order valence-corrected chi connectivity index (χ3v) is 5.90. The lowest BCUT2D eigenvalue weighted by Gasteiger charge is -2.34. The van der Waals surface area contributed by atoms with Crippen LogP contribution in [-0.2, 0) is 19.1 Å². The minimum Gasteiger partial charge on any atom is -0.458 e. The number of nitrogens with two attached hydrogens (primary N) is 1. The standard InChI is InChI=1S/C16H25NO4/c1-4-5-16(3,8(2)17)15(19)21-12-9-6-10-11(7-9)14(18)20-13(10)12/h8-13H,4-7,17H2,1-3H3. The van der Waals surface area contributed by atoms with E-state index < -0.39 is 5.41 Å². The van der Waals surface area contributed by atoms with Crippen molar-refractivity contribution in [3.63, 3.8) is 0 Å². The molecule has 2 N–H and O–H groups in total. The van der Waals surface area contributed by atoms with Crippen molar-refractivity contribution in [2.24, 2.45) is 28.9 Å². The van der Waals surface area contributed by atoms with Crippen LogP contribution < -0.4 is 5.73 Å². The number of hydrogen-bond acceptors (Lipinski definition) is 5. The molecule has 3 rings (SSSR count). The van der Waals surface area contributed by atoms with Crippen LogP contribution in [0.25, 0.3) is 0 Å². The molecule has 2 aliphatic carbocycles. The van der Waals surface area contributed by atoms with Gasteiger partial charge in [-0.1, -0.05) is 13.3 Å². The van der Waals surface area contributed by atoms with Crippen LogP contribution in [0.1, 0.15) is 46.5 Å². The zero-order chi connectivity index (χ0) is 15.4. The van der Waals surface area contributed by atoms with E-state index >= 15 is 0 Å². The molecule has 1 aliphatic heterocycles. The summed E-state index contributed by atoms with van der Waals surface area (Å²) < 4.78 is 11.2. The maximum Gasteiger partial charge on any atom is 0.313 e. The van der Waals surface area contributed by atoms with E-state index in [0.717, 1.165) is 19.3 Å². The molecule has 1 heterocycles. The quantitative estimate of drug-likeness (QED) is 0.780. The van der Waals surface area contributed by atoms with Crippen molar-refractivity contribution >= 4 is 11.9 Å². The summed E-state index contributed by atoms with van der Waals surface area (Å²) in [6.07, 6.45) is 2.86. The van der Waals surface area contributed by atoms with E-state index in [4.69, 9.17) is 15.2 Å². The van der Waals surface area contributed by atoms with Gasteiger partial charge in [0.1, 0.15) is 12.2 Å². The predicted octanol–water partition coefficient (Wildman–Crippen LogP) is 1.63. The lowest BCUT2D eigenvalue weighted by Crippen LogP contribution is -2.47. The Morgan fingerprint density at radius 1 is 1.52 bits per heavy atom. The average Bonchev–Trinajstić information content (AvgIpc) is 3.03. The van der Waals surface area contributed by atoms with Crippen molar-refractivity contribution in [2.75, 3.05) is 0 Å². The molecule has 3 fully saturated rings. The van der Waals surface area contributed by atoms with Gasteiger partial charge in [-0.25, -0.2) is 0 Å². The van der Waals surface area contributed by atoms with E-state index in [2.05, 4.69) is 0 Å². The molecule has 118 valence electrons. The smallest absolute Gasteiger partial charge is 0.313 e. The fourth-order valence-corrected chi connectivity index (χ4v) is 4.36. The summed E-state index contributed by atoms with van der Waals surface area (Å²) in [6.45, 7) is 5.76. The number of rotatable bonds is 5. The number of fused-ring (bicyclic) bond motifs is 1. The second-order valence-electron chi connectivity index (χ2n) is 7.23. The first-order chi connectivity index (χ1) is 9.88. The van der Waals surface area contributed by atoms with Crippen LogP contribution in [0.3, 0.4) is 0 Å². The van der Waals surface area contributed by atoms with Crippen LogP contribution in [-0.4, -0.2) is 30.2 Å². The normalized spacial score (nSPS) is 40.8. The highest BCUT2D eigenvalue weighted by atomic mass is 16.6. The van der Waals surface area contributed by atoms with Gasteiger partial charge < -0.3 is 15.2 Å². The van der Waals surface area contributed by atoms with Gasteiger partial charge in [-0.2, -0.15) is 0 Å². The molecule has 3 aliphatic rings. The van der Waals surface area contributed by atoms with Crippen LogP contribution in [0.15, 0.2) is 0 Å². The molecular weight excluding hydrogens is 270 g/mol. The highest BCUT2D eigenvalue weighted by Crippen LogP contribution is 2.55. The Labute approximate surface area is 125 Å². The fourth-order valence-electron chi connectivity index (χ4n) is 4.36. The first-order valence-electron chi connectivity index (χ1n) is 8.05. The molecule has 1 saturated heterocycles. The first kappa shape index (κ1) is 14.8. The van der Waals surface area contributed by atoms with Gasteiger partial charge in [0, 0.05) is 17.9 Å². The summed E-state index contributed by atoms with van der Waals surface area (Å²) in [5.74, 6) is 0.240. The third kappa shape index (κ3) is 2.08. The molecule has 5 heteroatoms. The maximum atomic E-state index is 12.6. The van der Waals surface area contributed by atoms with Gasteiger partial charge in [-0.15, -0.1) is 0 Å². The molecule has 0 aromatic rings. The van der Waals surface area contributed by atoms with Gasteiger partial charge in [-0.3, -0.25) is 9.59 Å². The maximum absolute atomic E-state index is 12.6. The number of carbonyl (C=O) groups is 2. The fraction of sp³-hybridized carbons (Fsp3) is 0.875. The summed E-state index contributed by atoms with van der Waals surface area (Å²) in [7, 11) is 0. The molecule has 0 spiro atoms. The van der Waals surface area contributed by atoms with E-state index in [0.29, 0.717) is 6.42 Å². The lowest BCUT2D eigenvalue weighted by atomic mass is 9.79. The highest BCUT2D eigenvalue weighted by Gasteiger charge is 2.63. The van der Waals surface area contributed by atoms with Crippen molar-refractivity contribution in [2.45, 2.75) is 64.7 Å². The molecule has 7 unspecified atom stereocenters. The molecule has 0 radical (unpaired) electrons. The van der Waals surface area contributed by atoms with Gasteiger partial charge >= 0.3 is 11.9 Å². The van der Waals surface area contributed by atoms with Gasteiger partial charge in [-0.05, 0) is 33.1 Å². The molecular formula is C16H25NO4. The van der Waals surface area contributed by atoms with Crippen LogP contribution in [0.2, 0.25) is 0 Å². The van der Waals surface area contributed by atoms with Crippen molar-refractivity contribution in [3.8, 4) is 0 Å². The Bertz CT molecular complexity index is 463. The number of carbonyl (C=O) groups excluding carboxylic acids is 2. The van der Waals surface area contributed by atoms with Gasteiger partial charge in [0.2, 0.25) is 0 Å². The van der Waals surface area contributed by atoms with Gasteiger partial charge in [0.25, 0.3) is 0 Å². The summed E-state index contributed by atoms with van der Waals surface area (Å²) in [5.41, 5.74) is 5.35. The van der Waals surface area contributed by atoms with Crippen LogP contribution in [0.5, 0.6) is 0 Å². The van der Waals surface area contributed by atoms with Crippen molar-refractivity contribution < 1.29 is 19.1 Å². The number of ether oxygens (including phenoxy) is 2. The largest absolute Gasteiger partial charge is 0.458 e. The molecule has 0 amide bonds. The summed E-state index contributed by atoms with van der Waals surface area (Å²) in [5, 5.41) is 0. The molecule has 0 aromatic carbocycles. The third-order valence-electron chi connectivity index (χ3n) is 5.90. The van der Waals surface area contributed by atoms with Gasteiger partial charge in [0.15, 0.2) is 0 Å². The minimum absolute atomic E-state index is 0.0467. The van der Waals surface area contributed by atoms with E-state index in [1.54, 1.807) is 0 Å². The van der Waals surface area contributed by atoms with E-state index in [1.165, 1.54) is 0 Å². The summed E-state index contributed by atoms with van der Waals surface area (Å²) >= 11 is 0. The summed E-state index contributed by atoms with van der Waals surface area (Å²) in [6, 6.07) is -0.262. The van der Waals surface area contributed by atoms with Gasteiger partial charge in [0.05, 0.1) is 11.3 Å².